The van der Waals surface area contributed by atoms with Crippen LogP contribution in [0.5, 0.6) is 0 Å². The molecule has 0 fully saturated rings. The number of anilines is 1. The molecule has 2 rings (SSSR count). The summed E-state index contributed by atoms with van der Waals surface area (Å²) < 4.78 is 32.2. The van der Waals surface area contributed by atoms with Crippen LogP contribution in [-0.4, -0.2) is 17.3 Å². The summed E-state index contributed by atoms with van der Waals surface area (Å²) in [5.41, 5.74) is 6.08. The Bertz CT molecular complexity index is 540. The topological polar surface area (TPSA) is 63.9 Å². The Labute approximate surface area is 96.4 Å². The normalized spacial score (nSPS) is 10.8. The molecule has 0 saturated heterocycles. The number of hydrogen-bond donors (Lipinski definition) is 2. The van der Waals surface area contributed by atoms with Gasteiger partial charge in [0.15, 0.2) is 0 Å². The predicted molar refractivity (Wildman–Crippen MR) is 59.1 cm³/mol. The molecule has 0 spiro atoms. The van der Waals surface area contributed by atoms with Crippen molar-refractivity contribution >= 4 is 5.82 Å². The van der Waals surface area contributed by atoms with Crippen LogP contribution in [0.3, 0.4) is 0 Å². The van der Waals surface area contributed by atoms with Crippen molar-refractivity contribution in [2.24, 2.45) is 0 Å². The van der Waals surface area contributed by atoms with Gasteiger partial charge in [0, 0.05) is 23.8 Å². The molecule has 0 unspecified atom stereocenters. The molecular formula is C11H11F2N3O. The number of aromatic nitrogens is 2. The molecule has 1 heterocycles. The second kappa shape index (κ2) is 4.50. The van der Waals surface area contributed by atoms with Gasteiger partial charge >= 0.3 is 0 Å². The zero-order chi connectivity index (χ0) is 12.4. The van der Waals surface area contributed by atoms with E-state index >= 15 is 0 Å². The first-order valence-corrected chi connectivity index (χ1v) is 4.90. The molecule has 17 heavy (non-hydrogen) atoms. The highest BCUT2D eigenvalue weighted by Crippen LogP contribution is 2.29. The number of benzene rings is 1. The molecule has 3 N–H and O–H groups in total. The van der Waals surface area contributed by atoms with Crippen LogP contribution in [0.15, 0.2) is 18.3 Å². The number of rotatable bonds is 3. The van der Waals surface area contributed by atoms with Gasteiger partial charge in [-0.15, -0.1) is 0 Å². The van der Waals surface area contributed by atoms with Crippen molar-refractivity contribution in [2.75, 3.05) is 12.8 Å². The molecule has 2 aromatic rings. The van der Waals surface area contributed by atoms with Crippen LogP contribution < -0.4 is 5.73 Å². The van der Waals surface area contributed by atoms with E-state index < -0.39 is 11.6 Å². The van der Waals surface area contributed by atoms with Gasteiger partial charge in [-0.25, -0.2) is 8.78 Å². The van der Waals surface area contributed by atoms with Crippen LogP contribution in [0.25, 0.3) is 11.1 Å². The van der Waals surface area contributed by atoms with Crippen LogP contribution >= 0.6 is 0 Å². The van der Waals surface area contributed by atoms with E-state index in [4.69, 9.17) is 10.5 Å². The van der Waals surface area contributed by atoms with E-state index in [1.807, 2.05) is 0 Å². The summed E-state index contributed by atoms with van der Waals surface area (Å²) in [6, 6.07) is 2.50. The molecular weight excluding hydrogens is 228 g/mol. The Hall–Kier alpha value is -1.95. The molecule has 0 amide bonds. The fraction of sp³-hybridized carbons (Fsp3) is 0.182. The Balaban J connectivity index is 2.57. The van der Waals surface area contributed by atoms with Gasteiger partial charge in [-0.1, -0.05) is 0 Å². The molecule has 0 saturated carbocycles. The monoisotopic (exact) mass is 239 g/mol. The first kappa shape index (κ1) is 11.5. The van der Waals surface area contributed by atoms with E-state index in [0.29, 0.717) is 5.56 Å². The average molecular weight is 239 g/mol. The maximum atomic E-state index is 14.0. The third-order valence-corrected chi connectivity index (χ3v) is 2.43. The summed E-state index contributed by atoms with van der Waals surface area (Å²) in [4.78, 5) is 0. The smallest absolute Gasteiger partial charge is 0.139 e. The third kappa shape index (κ3) is 1.99. The van der Waals surface area contributed by atoms with Crippen LogP contribution in [-0.2, 0) is 11.3 Å². The Morgan fingerprint density at radius 1 is 1.35 bits per heavy atom. The second-order valence-corrected chi connectivity index (χ2v) is 3.52. The fourth-order valence-electron chi connectivity index (χ4n) is 1.59. The van der Waals surface area contributed by atoms with E-state index in [9.17, 15) is 8.78 Å². The highest BCUT2D eigenvalue weighted by atomic mass is 19.1. The maximum Gasteiger partial charge on any atom is 0.139 e. The van der Waals surface area contributed by atoms with Gasteiger partial charge in [0.05, 0.1) is 12.8 Å². The zero-order valence-corrected chi connectivity index (χ0v) is 9.13. The largest absolute Gasteiger partial charge is 0.384 e. The predicted octanol–water partition coefficient (Wildman–Crippen LogP) is 2.08. The molecule has 0 aliphatic carbocycles. The molecule has 0 aliphatic rings. The number of H-pyrrole nitrogens is 1. The maximum absolute atomic E-state index is 14.0. The fourth-order valence-corrected chi connectivity index (χ4v) is 1.59. The highest BCUT2D eigenvalue weighted by Gasteiger charge is 2.17. The van der Waals surface area contributed by atoms with Gasteiger partial charge in [-0.2, -0.15) is 5.10 Å². The van der Waals surface area contributed by atoms with Gasteiger partial charge in [-0.05, 0) is 12.1 Å². The van der Waals surface area contributed by atoms with Crippen LogP contribution in [0, 0.1) is 11.6 Å². The lowest BCUT2D eigenvalue weighted by Gasteiger charge is -2.08. The SMILES string of the molecule is COCc1c(F)ccc(-c2cn[nH]c2N)c1F. The lowest BCUT2D eigenvalue weighted by Crippen LogP contribution is -2.00. The number of nitrogens with zero attached hydrogens (tertiary/aromatic N) is 1. The van der Waals surface area contributed by atoms with Crippen molar-refractivity contribution in [3.8, 4) is 11.1 Å². The van der Waals surface area contributed by atoms with Crippen molar-refractivity contribution in [3.05, 3.63) is 35.5 Å². The number of methoxy groups -OCH3 is 1. The van der Waals surface area contributed by atoms with Crippen molar-refractivity contribution in [3.63, 3.8) is 0 Å². The van der Waals surface area contributed by atoms with Crippen molar-refractivity contribution < 1.29 is 13.5 Å². The number of nitrogen functional groups attached to an aromatic ring is 1. The van der Waals surface area contributed by atoms with Crippen LogP contribution in [0.2, 0.25) is 0 Å². The van der Waals surface area contributed by atoms with Crippen LogP contribution in [0.4, 0.5) is 14.6 Å². The summed E-state index contributed by atoms with van der Waals surface area (Å²) in [6.07, 6.45) is 1.39. The molecule has 0 bridgehead atoms. The quantitative estimate of drug-likeness (QED) is 0.861. The van der Waals surface area contributed by atoms with E-state index in [1.165, 1.54) is 25.4 Å². The summed E-state index contributed by atoms with van der Waals surface area (Å²) in [5.74, 6) is -1.09. The number of nitrogens with two attached hydrogens (primary N) is 1. The summed E-state index contributed by atoms with van der Waals surface area (Å²) in [6.45, 7) is -0.136. The van der Waals surface area contributed by atoms with Gasteiger partial charge < -0.3 is 10.5 Å². The highest BCUT2D eigenvalue weighted by molar-refractivity contribution is 5.74. The first-order chi connectivity index (χ1) is 8.15. The summed E-state index contributed by atoms with van der Waals surface area (Å²) >= 11 is 0. The van der Waals surface area contributed by atoms with E-state index in [0.717, 1.165) is 0 Å². The van der Waals surface area contributed by atoms with Gasteiger partial charge in [0.2, 0.25) is 0 Å². The third-order valence-electron chi connectivity index (χ3n) is 2.43. The number of hydrogen-bond acceptors (Lipinski definition) is 3. The second-order valence-electron chi connectivity index (χ2n) is 3.52. The van der Waals surface area contributed by atoms with Crippen molar-refractivity contribution in [1.82, 2.24) is 10.2 Å². The molecule has 1 aromatic carbocycles. The van der Waals surface area contributed by atoms with E-state index in [1.54, 1.807) is 0 Å². The minimum absolute atomic E-state index is 0.120. The number of nitrogens with one attached hydrogen (secondary N) is 1. The zero-order valence-electron chi connectivity index (χ0n) is 9.13. The molecule has 90 valence electrons. The number of halogens is 2. The number of aromatic amines is 1. The minimum Gasteiger partial charge on any atom is -0.384 e. The van der Waals surface area contributed by atoms with Crippen molar-refractivity contribution in [2.45, 2.75) is 6.61 Å². The summed E-state index contributed by atoms with van der Waals surface area (Å²) in [5, 5.41) is 6.19. The standard InChI is InChI=1S/C11H11F2N3O/c1-17-5-8-9(12)3-2-6(10(8)13)7-4-15-16-11(7)14/h2-4H,5H2,1H3,(H3,14,15,16). The lowest BCUT2D eigenvalue weighted by molar-refractivity contribution is 0.177. The first-order valence-electron chi connectivity index (χ1n) is 4.90. The van der Waals surface area contributed by atoms with Crippen molar-refractivity contribution in [1.29, 1.82) is 0 Å². The Morgan fingerprint density at radius 2 is 2.12 bits per heavy atom. The molecule has 0 atom stereocenters. The molecule has 1 aromatic heterocycles. The Kier molecular flexibility index (Phi) is 3.06. The number of ether oxygens (including phenoxy) is 1. The van der Waals surface area contributed by atoms with Gasteiger partial charge in [0.1, 0.15) is 17.5 Å². The van der Waals surface area contributed by atoms with Gasteiger partial charge in [0.25, 0.3) is 0 Å². The molecule has 4 nitrogen and oxygen atoms in total. The van der Waals surface area contributed by atoms with E-state index in [-0.39, 0.29) is 23.6 Å². The van der Waals surface area contributed by atoms with E-state index in [2.05, 4.69) is 10.2 Å². The molecule has 0 aliphatic heterocycles. The lowest BCUT2D eigenvalue weighted by atomic mass is 10.0. The average Bonchev–Trinajstić information content (AvgIpc) is 2.71. The minimum atomic E-state index is -0.681. The molecule has 6 heteroatoms. The Morgan fingerprint density at radius 3 is 2.71 bits per heavy atom. The van der Waals surface area contributed by atoms with Gasteiger partial charge in [-0.3, -0.25) is 5.10 Å². The molecule has 0 radical (unpaired) electrons. The summed E-state index contributed by atoms with van der Waals surface area (Å²) in [7, 11) is 1.37. The van der Waals surface area contributed by atoms with Crippen LogP contribution in [0.1, 0.15) is 5.56 Å².